The molecule has 2 aromatic heterocycles. The van der Waals surface area contributed by atoms with Crippen molar-refractivity contribution in [3.8, 4) is 0 Å². The molecule has 2 N–H and O–H groups in total. The van der Waals surface area contributed by atoms with Crippen molar-refractivity contribution >= 4 is 50.8 Å². The van der Waals surface area contributed by atoms with E-state index in [4.69, 9.17) is 5.73 Å². The van der Waals surface area contributed by atoms with E-state index >= 15 is 0 Å². The normalized spacial score (nSPS) is 12.1. The zero-order valence-corrected chi connectivity index (χ0v) is 17.0. The maximum Gasteiger partial charge on any atom is 0.254 e. The Morgan fingerprint density at radius 2 is 2.08 bits per heavy atom. The molecule has 0 saturated carbocycles. The smallest absolute Gasteiger partial charge is 0.254 e. The number of alkyl halides is 1. The zero-order chi connectivity index (χ0) is 18.8. The first kappa shape index (κ1) is 18.4. The molecule has 2 heterocycles. The number of benzene rings is 1. The Balaban J connectivity index is 1.90. The lowest BCUT2D eigenvalue weighted by Crippen LogP contribution is -2.30. The van der Waals surface area contributed by atoms with Gasteiger partial charge in [-0.25, -0.2) is 4.98 Å². The van der Waals surface area contributed by atoms with Crippen molar-refractivity contribution in [1.82, 2.24) is 14.5 Å². The highest BCUT2D eigenvalue weighted by atomic mass is 127. The number of nitrogens with two attached hydrogens (primary N) is 1. The van der Waals surface area contributed by atoms with Gasteiger partial charge in [-0.15, -0.1) is 0 Å². The monoisotopic (exact) mass is 460 g/mol. The highest BCUT2D eigenvalue weighted by molar-refractivity contribution is 14.1. The van der Waals surface area contributed by atoms with Gasteiger partial charge in [-0.3, -0.25) is 4.79 Å². The van der Waals surface area contributed by atoms with Gasteiger partial charge < -0.3 is 15.2 Å². The van der Waals surface area contributed by atoms with E-state index in [1.54, 1.807) is 30.3 Å². The van der Waals surface area contributed by atoms with Crippen LogP contribution in [0.2, 0.25) is 0 Å². The third kappa shape index (κ3) is 3.33. The first-order valence-corrected chi connectivity index (χ1v) is 9.78. The number of hydrogen-bond donors (Lipinski definition) is 1. The van der Waals surface area contributed by atoms with E-state index in [1.807, 2.05) is 19.1 Å². The molecule has 5 nitrogen and oxygen atoms in total. The van der Waals surface area contributed by atoms with E-state index in [0.717, 1.165) is 15.5 Å². The fraction of sp³-hybridized carbons (Fsp3) is 0.200. The van der Waals surface area contributed by atoms with Crippen LogP contribution in [0.4, 0.5) is 5.82 Å². The Morgan fingerprint density at radius 3 is 2.73 bits per heavy atom. The third-order valence-corrected chi connectivity index (χ3v) is 5.43. The lowest BCUT2D eigenvalue weighted by Gasteiger charge is -2.26. The average Bonchev–Trinajstić information content (AvgIpc) is 3.05. The van der Waals surface area contributed by atoms with E-state index < -0.39 is 0 Å². The number of halogens is 1. The maximum absolute atomic E-state index is 12.9. The van der Waals surface area contributed by atoms with Crippen LogP contribution in [0.5, 0.6) is 0 Å². The quantitative estimate of drug-likeness (QED) is 0.352. The minimum absolute atomic E-state index is 0.0879. The number of rotatable bonds is 5. The van der Waals surface area contributed by atoms with Gasteiger partial charge >= 0.3 is 0 Å². The molecule has 3 aromatic rings. The van der Waals surface area contributed by atoms with Crippen molar-refractivity contribution in [3.05, 3.63) is 66.5 Å². The van der Waals surface area contributed by atoms with Gasteiger partial charge in [-0.1, -0.05) is 47.4 Å². The minimum Gasteiger partial charge on any atom is -0.384 e. The molecule has 0 saturated heterocycles. The van der Waals surface area contributed by atoms with Crippen LogP contribution in [-0.2, 0) is 9.35 Å². The molecular formula is C20H21IN4O. The van der Waals surface area contributed by atoms with Gasteiger partial charge in [-0.05, 0) is 30.7 Å². The van der Waals surface area contributed by atoms with Crippen molar-refractivity contribution in [1.29, 1.82) is 0 Å². The molecule has 1 unspecified atom stereocenters. The van der Waals surface area contributed by atoms with Crippen molar-refractivity contribution in [2.24, 2.45) is 0 Å². The van der Waals surface area contributed by atoms with Crippen molar-refractivity contribution < 1.29 is 4.79 Å². The number of carbonyl (C=O) groups is 1. The number of carbonyl (C=O) groups excluding carboxylic acids is 1. The summed E-state index contributed by atoms with van der Waals surface area (Å²) in [6.07, 6.45) is 3.70. The van der Waals surface area contributed by atoms with E-state index in [-0.39, 0.29) is 11.9 Å². The molecule has 1 amide bonds. The molecule has 0 aliphatic heterocycles. The summed E-state index contributed by atoms with van der Waals surface area (Å²) in [5.74, 6) is 0.290. The van der Waals surface area contributed by atoms with Crippen LogP contribution < -0.4 is 5.73 Å². The second-order valence-corrected chi connectivity index (χ2v) is 6.92. The number of fused-ring (bicyclic) bond motifs is 1. The first-order chi connectivity index (χ1) is 12.4. The molecule has 0 radical (unpaired) electrons. The molecule has 134 valence electrons. The second kappa shape index (κ2) is 7.49. The molecule has 3 rings (SSSR count). The van der Waals surface area contributed by atoms with E-state index in [1.165, 1.54) is 5.52 Å². The number of para-hydroxylation sites is 1. The SMILES string of the molecule is C=C(C(=O)N(C)C(C)c1cn(CI)c2ccccc12)c1ccc(N)nc1. The van der Waals surface area contributed by atoms with Crippen molar-refractivity contribution in [3.63, 3.8) is 0 Å². The molecule has 26 heavy (non-hydrogen) atoms. The van der Waals surface area contributed by atoms with Gasteiger partial charge in [0.2, 0.25) is 0 Å². The summed E-state index contributed by atoms with van der Waals surface area (Å²) in [6, 6.07) is 11.6. The van der Waals surface area contributed by atoms with Crippen LogP contribution in [0.15, 0.2) is 55.4 Å². The number of nitrogen functional groups attached to an aromatic ring is 1. The largest absolute Gasteiger partial charge is 0.384 e. The maximum atomic E-state index is 12.9. The molecule has 1 aromatic carbocycles. The predicted octanol–water partition coefficient (Wildman–Crippen LogP) is 4.24. The Bertz CT molecular complexity index is 962. The molecule has 0 aliphatic carbocycles. The summed E-state index contributed by atoms with van der Waals surface area (Å²) in [7, 11) is 1.80. The van der Waals surface area contributed by atoms with Gasteiger partial charge in [0.15, 0.2) is 0 Å². The second-order valence-electron chi connectivity index (χ2n) is 6.23. The summed E-state index contributed by atoms with van der Waals surface area (Å²) in [6.45, 7) is 5.99. The average molecular weight is 460 g/mol. The van der Waals surface area contributed by atoms with Gasteiger partial charge in [-0.2, -0.15) is 0 Å². The van der Waals surface area contributed by atoms with Crippen LogP contribution in [0.25, 0.3) is 16.5 Å². The fourth-order valence-corrected chi connectivity index (χ4v) is 3.58. The van der Waals surface area contributed by atoms with Crippen LogP contribution in [0.1, 0.15) is 24.1 Å². The highest BCUT2D eigenvalue weighted by Gasteiger charge is 2.23. The third-order valence-electron chi connectivity index (χ3n) is 4.69. The van der Waals surface area contributed by atoms with Crippen LogP contribution >= 0.6 is 22.6 Å². The van der Waals surface area contributed by atoms with Crippen LogP contribution in [0, 0.1) is 0 Å². The number of nitrogens with zero attached hydrogens (tertiary/aromatic N) is 3. The number of aromatic nitrogens is 2. The number of hydrogen-bond acceptors (Lipinski definition) is 3. The van der Waals surface area contributed by atoms with Gasteiger partial charge in [0.25, 0.3) is 5.91 Å². The molecule has 0 aliphatic rings. The Hall–Kier alpha value is -2.35. The van der Waals surface area contributed by atoms with Crippen molar-refractivity contribution in [2.75, 3.05) is 12.8 Å². The number of anilines is 1. The summed E-state index contributed by atoms with van der Waals surface area (Å²) < 4.78 is 3.05. The number of pyridine rings is 1. The van der Waals surface area contributed by atoms with E-state index in [0.29, 0.717) is 17.0 Å². The molecule has 0 bridgehead atoms. The topological polar surface area (TPSA) is 64.2 Å². The minimum atomic E-state index is -0.129. The molecule has 0 fully saturated rings. The lowest BCUT2D eigenvalue weighted by atomic mass is 10.0. The molecular weight excluding hydrogens is 439 g/mol. The van der Waals surface area contributed by atoms with Crippen LogP contribution in [0.3, 0.4) is 0 Å². The highest BCUT2D eigenvalue weighted by Crippen LogP contribution is 2.31. The summed E-state index contributed by atoms with van der Waals surface area (Å²) in [5, 5.41) is 1.16. The van der Waals surface area contributed by atoms with Crippen LogP contribution in [-0.4, -0.2) is 27.4 Å². The summed E-state index contributed by atoms with van der Waals surface area (Å²) in [4.78, 5) is 18.7. The fourth-order valence-electron chi connectivity index (χ4n) is 3.01. The summed E-state index contributed by atoms with van der Waals surface area (Å²) in [5.41, 5.74) is 9.00. The van der Waals surface area contributed by atoms with Gasteiger partial charge in [0, 0.05) is 41.5 Å². The van der Waals surface area contributed by atoms with Crippen molar-refractivity contribution in [2.45, 2.75) is 17.5 Å². The van der Waals surface area contributed by atoms with Gasteiger partial charge in [0.1, 0.15) is 5.82 Å². The number of amides is 1. The molecule has 1 atom stereocenters. The Labute approximate surface area is 166 Å². The standard InChI is InChI=1S/C20H21IN4O/c1-13(15-8-9-19(22)23-10-15)20(26)24(3)14(2)17-11-25(12-21)18-7-5-4-6-16(17)18/h4-11,14H,1,12H2,2-3H3,(H2,22,23). The number of likely N-dealkylation sites (N-methyl/N-ethyl adjacent to an activating group) is 1. The van der Waals surface area contributed by atoms with E-state index in [9.17, 15) is 4.79 Å². The zero-order valence-electron chi connectivity index (χ0n) is 14.8. The molecule has 6 heteroatoms. The predicted molar refractivity (Wildman–Crippen MR) is 115 cm³/mol. The Kier molecular flexibility index (Phi) is 5.31. The first-order valence-electron chi connectivity index (χ1n) is 8.25. The molecule has 0 spiro atoms. The Morgan fingerprint density at radius 1 is 1.35 bits per heavy atom. The van der Waals surface area contributed by atoms with Gasteiger partial charge in [0.05, 0.1) is 10.6 Å². The summed E-state index contributed by atoms with van der Waals surface area (Å²) >= 11 is 2.34. The van der Waals surface area contributed by atoms with E-state index in [2.05, 4.69) is 57.1 Å². The lowest BCUT2D eigenvalue weighted by molar-refractivity contribution is -0.125.